The lowest BCUT2D eigenvalue weighted by atomic mass is 9.97. The molecule has 3 N–H and O–H groups in total. The van der Waals surface area contributed by atoms with Crippen molar-refractivity contribution in [3.05, 3.63) is 88.4 Å². The van der Waals surface area contributed by atoms with Gasteiger partial charge in [-0.15, -0.1) is 0 Å². The molecular weight excluding hydrogens is 424 g/mol. The highest BCUT2D eigenvalue weighted by molar-refractivity contribution is 6.35. The van der Waals surface area contributed by atoms with E-state index in [0.717, 1.165) is 38.7 Å². The second kappa shape index (κ2) is 7.18. The molecule has 8 heteroatoms. The van der Waals surface area contributed by atoms with E-state index in [9.17, 15) is 4.79 Å². The van der Waals surface area contributed by atoms with Crippen LogP contribution in [-0.4, -0.2) is 30.4 Å². The van der Waals surface area contributed by atoms with Crippen molar-refractivity contribution in [1.29, 1.82) is 0 Å². The molecule has 4 heterocycles. The summed E-state index contributed by atoms with van der Waals surface area (Å²) in [6.07, 6.45) is 3.36. The lowest BCUT2D eigenvalue weighted by Gasteiger charge is -2.13. The standard InChI is InChI=1S/C24H15ClN6O/c25-19-11-14(8-16-12-27-31-22(16)19)17-9-15-10-18(20-6-7-26-30-20)24(32)29-23(15)28-21(17)13-4-2-1-3-5-13/h1-12H,(H,26,30)(H,27,31)(H,28,29,32). The molecule has 0 saturated carbocycles. The van der Waals surface area contributed by atoms with E-state index in [4.69, 9.17) is 16.6 Å². The summed E-state index contributed by atoms with van der Waals surface area (Å²) in [6, 6.07) is 19.4. The van der Waals surface area contributed by atoms with Crippen molar-refractivity contribution in [2.45, 2.75) is 0 Å². The lowest BCUT2D eigenvalue weighted by Crippen LogP contribution is -2.10. The second-order valence-electron chi connectivity index (χ2n) is 7.46. The minimum absolute atomic E-state index is 0.233. The third kappa shape index (κ3) is 2.99. The number of nitrogens with one attached hydrogen (secondary N) is 3. The van der Waals surface area contributed by atoms with E-state index < -0.39 is 0 Å². The molecule has 0 aliphatic rings. The molecule has 2 aromatic carbocycles. The van der Waals surface area contributed by atoms with Crippen LogP contribution in [0.25, 0.3) is 55.6 Å². The molecule has 0 saturated heterocycles. The first-order chi connectivity index (χ1) is 15.7. The molecule has 0 spiro atoms. The molecule has 0 aliphatic heterocycles. The third-order valence-electron chi connectivity index (χ3n) is 5.48. The summed E-state index contributed by atoms with van der Waals surface area (Å²) in [7, 11) is 0. The third-order valence-corrected chi connectivity index (χ3v) is 5.78. The number of benzene rings is 2. The van der Waals surface area contributed by atoms with Gasteiger partial charge in [-0.1, -0.05) is 41.9 Å². The molecule has 0 atom stereocenters. The first kappa shape index (κ1) is 18.5. The van der Waals surface area contributed by atoms with Crippen molar-refractivity contribution in [3.63, 3.8) is 0 Å². The van der Waals surface area contributed by atoms with E-state index in [1.54, 1.807) is 18.5 Å². The molecule has 0 aliphatic carbocycles. The molecule has 0 radical (unpaired) electrons. The number of halogens is 1. The molecule has 7 nitrogen and oxygen atoms in total. The summed E-state index contributed by atoms with van der Waals surface area (Å²) in [4.78, 5) is 20.5. The van der Waals surface area contributed by atoms with Gasteiger partial charge in [0, 0.05) is 28.1 Å². The first-order valence-electron chi connectivity index (χ1n) is 9.93. The Bertz CT molecular complexity index is 1650. The Morgan fingerprint density at radius 3 is 2.47 bits per heavy atom. The number of nitrogens with zero attached hydrogens (tertiary/aromatic N) is 3. The Balaban J connectivity index is 1.67. The van der Waals surface area contributed by atoms with Gasteiger partial charge in [0.05, 0.1) is 33.7 Å². The van der Waals surface area contributed by atoms with E-state index >= 15 is 0 Å². The highest BCUT2D eigenvalue weighted by atomic mass is 35.5. The quantitative estimate of drug-likeness (QED) is 0.354. The number of rotatable bonds is 3. The van der Waals surface area contributed by atoms with Gasteiger partial charge < -0.3 is 4.98 Å². The number of aromatic nitrogens is 6. The van der Waals surface area contributed by atoms with Crippen LogP contribution in [0.5, 0.6) is 0 Å². The number of H-pyrrole nitrogens is 3. The van der Waals surface area contributed by atoms with Gasteiger partial charge in [0.1, 0.15) is 5.65 Å². The van der Waals surface area contributed by atoms with Crippen molar-refractivity contribution in [1.82, 2.24) is 30.4 Å². The molecule has 6 aromatic rings. The zero-order chi connectivity index (χ0) is 21.7. The first-order valence-corrected chi connectivity index (χ1v) is 10.3. The molecule has 6 rings (SSSR count). The average Bonchev–Trinajstić information content (AvgIpc) is 3.51. The Morgan fingerprint density at radius 1 is 0.812 bits per heavy atom. The summed E-state index contributed by atoms with van der Waals surface area (Å²) < 4.78 is 0. The van der Waals surface area contributed by atoms with Gasteiger partial charge in [-0.2, -0.15) is 10.2 Å². The number of fused-ring (bicyclic) bond motifs is 2. The highest BCUT2D eigenvalue weighted by Crippen LogP contribution is 2.36. The minimum atomic E-state index is -0.233. The van der Waals surface area contributed by atoms with E-state index in [1.165, 1.54) is 0 Å². The highest BCUT2D eigenvalue weighted by Gasteiger charge is 2.16. The normalized spacial score (nSPS) is 11.4. The van der Waals surface area contributed by atoms with Crippen LogP contribution in [0.1, 0.15) is 0 Å². The average molecular weight is 439 g/mol. The molecule has 4 aromatic heterocycles. The van der Waals surface area contributed by atoms with Crippen molar-refractivity contribution < 1.29 is 0 Å². The van der Waals surface area contributed by atoms with Crippen molar-refractivity contribution in [2.24, 2.45) is 0 Å². The summed E-state index contributed by atoms with van der Waals surface area (Å²) in [5.41, 5.74) is 5.70. The van der Waals surface area contributed by atoms with Crippen LogP contribution in [0.2, 0.25) is 5.02 Å². The monoisotopic (exact) mass is 438 g/mol. The predicted octanol–water partition coefficient (Wildman–Crippen LogP) is 5.18. The maximum Gasteiger partial charge on any atom is 0.259 e. The summed E-state index contributed by atoms with van der Waals surface area (Å²) >= 11 is 6.53. The fraction of sp³-hybridized carbons (Fsp3) is 0. The van der Waals surface area contributed by atoms with Gasteiger partial charge in [0.2, 0.25) is 0 Å². The fourth-order valence-electron chi connectivity index (χ4n) is 3.95. The Kier molecular flexibility index (Phi) is 4.16. The summed E-state index contributed by atoms with van der Waals surface area (Å²) in [5, 5.41) is 16.1. The largest absolute Gasteiger partial charge is 0.306 e. The van der Waals surface area contributed by atoms with Gasteiger partial charge in [0.15, 0.2) is 0 Å². The van der Waals surface area contributed by atoms with Crippen LogP contribution in [0.3, 0.4) is 0 Å². The number of pyridine rings is 2. The number of hydrogen-bond acceptors (Lipinski definition) is 4. The molecule has 0 amide bonds. The van der Waals surface area contributed by atoms with Gasteiger partial charge in [-0.05, 0) is 35.9 Å². The lowest BCUT2D eigenvalue weighted by molar-refractivity contribution is 1.09. The molecule has 0 fully saturated rings. The second-order valence-corrected chi connectivity index (χ2v) is 7.87. The molecular formula is C24H15ClN6O. The topological polar surface area (TPSA) is 103 Å². The maximum absolute atomic E-state index is 12.7. The van der Waals surface area contributed by atoms with E-state index in [2.05, 4.69) is 25.4 Å². The van der Waals surface area contributed by atoms with E-state index in [1.807, 2.05) is 54.6 Å². The van der Waals surface area contributed by atoms with Gasteiger partial charge in [0.25, 0.3) is 5.56 Å². The smallest absolute Gasteiger partial charge is 0.259 e. The van der Waals surface area contributed by atoms with Crippen LogP contribution in [0.15, 0.2) is 77.9 Å². The maximum atomic E-state index is 12.7. The van der Waals surface area contributed by atoms with E-state index in [0.29, 0.717) is 21.9 Å². The van der Waals surface area contributed by atoms with Crippen LogP contribution >= 0.6 is 11.6 Å². The Labute approximate surface area is 186 Å². The van der Waals surface area contributed by atoms with Crippen LogP contribution < -0.4 is 5.56 Å². The summed E-state index contributed by atoms with van der Waals surface area (Å²) in [5.74, 6) is 0. The fourth-order valence-corrected chi connectivity index (χ4v) is 4.22. The van der Waals surface area contributed by atoms with E-state index in [-0.39, 0.29) is 5.56 Å². The van der Waals surface area contributed by atoms with Crippen molar-refractivity contribution in [2.75, 3.05) is 0 Å². The van der Waals surface area contributed by atoms with Crippen molar-refractivity contribution >= 4 is 33.5 Å². The molecule has 0 unspecified atom stereocenters. The Morgan fingerprint density at radius 2 is 1.66 bits per heavy atom. The number of hydrogen-bond donors (Lipinski definition) is 3. The molecule has 0 bridgehead atoms. The van der Waals surface area contributed by atoms with Gasteiger partial charge in [-0.25, -0.2) is 4.98 Å². The summed E-state index contributed by atoms with van der Waals surface area (Å²) in [6.45, 7) is 0. The molecule has 154 valence electrons. The minimum Gasteiger partial charge on any atom is -0.306 e. The van der Waals surface area contributed by atoms with Crippen LogP contribution in [-0.2, 0) is 0 Å². The zero-order valence-electron chi connectivity index (χ0n) is 16.6. The van der Waals surface area contributed by atoms with Crippen LogP contribution in [0, 0.1) is 0 Å². The molecule has 32 heavy (non-hydrogen) atoms. The number of aromatic amines is 3. The van der Waals surface area contributed by atoms with Crippen molar-refractivity contribution in [3.8, 4) is 33.6 Å². The van der Waals surface area contributed by atoms with Crippen LogP contribution in [0.4, 0.5) is 0 Å². The predicted molar refractivity (Wildman–Crippen MR) is 125 cm³/mol. The SMILES string of the molecule is O=c1[nH]c2nc(-c3ccccc3)c(-c3cc(Cl)c4[nH]ncc4c3)cc2cc1-c1ccn[nH]1. The van der Waals surface area contributed by atoms with Gasteiger partial charge >= 0.3 is 0 Å². The Hall–Kier alpha value is -4.23. The van der Waals surface area contributed by atoms with Gasteiger partial charge in [-0.3, -0.25) is 15.0 Å². The zero-order valence-corrected chi connectivity index (χ0v) is 17.3.